The van der Waals surface area contributed by atoms with Gasteiger partial charge in [-0.1, -0.05) is 41.5 Å². The third kappa shape index (κ3) is 8.60. The molecule has 0 aromatic rings. The summed E-state index contributed by atoms with van der Waals surface area (Å²) in [5.41, 5.74) is 1.12. The lowest BCUT2D eigenvalue weighted by atomic mass is 9.73. The molecular formula is C30H48N2O6. The molecule has 0 spiro atoms. The molecule has 0 saturated heterocycles. The molecular weight excluding hydrogens is 484 g/mol. The molecule has 2 aliphatic carbocycles. The van der Waals surface area contributed by atoms with Crippen molar-refractivity contribution in [1.82, 2.24) is 0 Å². The molecule has 2 fully saturated rings. The Kier molecular flexibility index (Phi) is 11.5. The van der Waals surface area contributed by atoms with Crippen molar-refractivity contribution in [2.45, 2.75) is 118 Å². The molecule has 38 heavy (non-hydrogen) atoms. The highest BCUT2D eigenvalue weighted by molar-refractivity contribution is 6.25. The van der Waals surface area contributed by atoms with Crippen LogP contribution in [-0.4, -0.2) is 68.7 Å². The molecule has 0 aliphatic heterocycles. The van der Waals surface area contributed by atoms with E-state index in [0.717, 1.165) is 0 Å². The van der Waals surface area contributed by atoms with Crippen LogP contribution in [0.5, 0.6) is 0 Å². The normalized spacial score (nSPS) is 26.0. The molecule has 0 aromatic carbocycles. The van der Waals surface area contributed by atoms with Crippen molar-refractivity contribution in [1.29, 1.82) is 0 Å². The minimum atomic E-state index is -0.315. The van der Waals surface area contributed by atoms with Gasteiger partial charge in [-0.05, 0) is 49.4 Å². The number of hydrogen-bond acceptors (Lipinski definition) is 8. The highest BCUT2D eigenvalue weighted by Crippen LogP contribution is 2.37. The largest absolute Gasteiger partial charge is 0.511 e. The number of unbranched alkanes of at least 4 members (excludes halogenated alkanes) is 1. The Labute approximate surface area is 227 Å². The van der Waals surface area contributed by atoms with E-state index in [4.69, 9.17) is 0 Å². The standard InChI is InChI=1S/C30H48N2O6/c1-7-19(17-33)31-21-13-29(3,4)15-25(37)27(21)23(35)11-9-10-12-24(36)28-22(32-20(8-2)18-34)14-30(5,6)16-26(28)38/h19-20,33-36H,7-18H2,1-6H3. The number of aliphatic hydroxyl groups is 4. The number of aliphatic hydroxyl groups excluding tert-OH is 4. The smallest absolute Gasteiger partial charge is 0.168 e. The van der Waals surface area contributed by atoms with Gasteiger partial charge in [-0.2, -0.15) is 0 Å². The maximum Gasteiger partial charge on any atom is 0.168 e. The van der Waals surface area contributed by atoms with Crippen molar-refractivity contribution in [2.75, 3.05) is 13.2 Å². The van der Waals surface area contributed by atoms with E-state index in [-0.39, 0.29) is 83.2 Å². The zero-order chi connectivity index (χ0) is 28.7. The molecule has 4 N–H and O–H groups in total. The minimum Gasteiger partial charge on any atom is -0.511 e. The first-order valence-electron chi connectivity index (χ1n) is 14.0. The number of Topliss-reactive ketones (excluding diaryl/α,β-unsaturated/α-hetero) is 2. The number of hydrogen-bond donors (Lipinski definition) is 4. The molecule has 0 aromatic heterocycles. The summed E-state index contributed by atoms with van der Waals surface area (Å²) in [4.78, 5) is 35.1. The van der Waals surface area contributed by atoms with Crippen LogP contribution in [0.15, 0.2) is 32.6 Å². The SMILES string of the molecule is CCC(CO)N=C1CC(C)(C)CC(=O)C1=C(O)CCCCC(O)=C1C(=O)CC(C)(C)CC1=NC(CC)CO. The Morgan fingerprint density at radius 3 is 1.34 bits per heavy atom. The molecule has 214 valence electrons. The van der Waals surface area contributed by atoms with Crippen LogP contribution in [0.4, 0.5) is 0 Å². The van der Waals surface area contributed by atoms with E-state index in [1.807, 2.05) is 41.5 Å². The Morgan fingerprint density at radius 1 is 0.711 bits per heavy atom. The van der Waals surface area contributed by atoms with Crippen LogP contribution < -0.4 is 0 Å². The van der Waals surface area contributed by atoms with Crippen LogP contribution in [0.1, 0.15) is 106 Å². The lowest BCUT2D eigenvalue weighted by Crippen LogP contribution is -2.34. The van der Waals surface area contributed by atoms with Gasteiger partial charge < -0.3 is 20.4 Å². The molecule has 2 aliphatic rings. The molecule has 0 amide bonds. The minimum absolute atomic E-state index is 0.00402. The Morgan fingerprint density at radius 2 is 1.05 bits per heavy atom. The van der Waals surface area contributed by atoms with Gasteiger partial charge in [0.2, 0.25) is 0 Å². The third-order valence-electron chi connectivity index (χ3n) is 7.40. The van der Waals surface area contributed by atoms with E-state index < -0.39 is 0 Å². The molecule has 2 saturated carbocycles. The zero-order valence-electron chi connectivity index (χ0n) is 24.1. The average molecular weight is 533 g/mol. The number of carbonyl (C=O) groups is 2. The van der Waals surface area contributed by atoms with Crippen molar-refractivity contribution in [3.8, 4) is 0 Å². The zero-order valence-corrected chi connectivity index (χ0v) is 24.1. The maximum atomic E-state index is 13.0. The first kappa shape index (κ1) is 31.9. The van der Waals surface area contributed by atoms with Crippen LogP contribution in [-0.2, 0) is 9.59 Å². The summed E-state index contributed by atoms with van der Waals surface area (Å²) in [5.74, 6) is -0.284. The van der Waals surface area contributed by atoms with E-state index in [2.05, 4.69) is 9.98 Å². The molecule has 2 atom stereocenters. The summed E-state index contributed by atoms with van der Waals surface area (Å²) >= 11 is 0. The summed E-state index contributed by atoms with van der Waals surface area (Å²) in [6.07, 6.45) is 4.53. The quantitative estimate of drug-likeness (QED) is 0.160. The fraction of sp³-hybridized carbons (Fsp3) is 0.733. The number of carbonyl (C=O) groups excluding carboxylic acids is 2. The van der Waals surface area contributed by atoms with Crippen LogP contribution in [0.25, 0.3) is 0 Å². The summed E-state index contributed by atoms with van der Waals surface area (Å²) < 4.78 is 0. The highest BCUT2D eigenvalue weighted by Gasteiger charge is 2.37. The van der Waals surface area contributed by atoms with Gasteiger partial charge in [-0.15, -0.1) is 0 Å². The van der Waals surface area contributed by atoms with E-state index in [1.54, 1.807) is 0 Å². The van der Waals surface area contributed by atoms with E-state index in [1.165, 1.54) is 0 Å². The van der Waals surface area contributed by atoms with E-state index in [0.29, 0.717) is 62.8 Å². The van der Waals surface area contributed by atoms with Gasteiger partial charge in [0.1, 0.15) is 11.5 Å². The Hall–Kier alpha value is -2.32. The van der Waals surface area contributed by atoms with Crippen LogP contribution in [0.2, 0.25) is 0 Å². The van der Waals surface area contributed by atoms with Gasteiger partial charge in [0.15, 0.2) is 11.6 Å². The van der Waals surface area contributed by atoms with Crippen LogP contribution in [0.3, 0.4) is 0 Å². The van der Waals surface area contributed by atoms with E-state index in [9.17, 15) is 30.0 Å². The second-order valence-corrected chi connectivity index (χ2v) is 12.4. The van der Waals surface area contributed by atoms with Gasteiger partial charge in [0.05, 0.1) is 36.4 Å². The van der Waals surface area contributed by atoms with Crippen molar-refractivity contribution in [3.05, 3.63) is 22.7 Å². The predicted octanol–water partition coefficient (Wildman–Crippen LogP) is 5.37. The monoisotopic (exact) mass is 532 g/mol. The number of allylic oxidation sites excluding steroid dienone is 4. The first-order chi connectivity index (χ1) is 17.8. The molecule has 2 unspecified atom stereocenters. The summed E-state index contributed by atoms with van der Waals surface area (Å²) in [7, 11) is 0. The number of rotatable bonds is 11. The second kappa shape index (κ2) is 13.7. The van der Waals surface area contributed by atoms with Gasteiger partial charge >= 0.3 is 0 Å². The number of nitrogens with zero attached hydrogens (tertiary/aromatic N) is 2. The lowest BCUT2D eigenvalue weighted by molar-refractivity contribution is -0.118. The van der Waals surface area contributed by atoms with Crippen LogP contribution in [0, 0.1) is 10.8 Å². The van der Waals surface area contributed by atoms with Crippen molar-refractivity contribution in [2.24, 2.45) is 20.8 Å². The highest BCUT2D eigenvalue weighted by atomic mass is 16.3. The summed E-state index contributed by atoms with van der Waals surface area (Å²) in [6, 6.07) is -0.629. The van der Waals surface area contributed by atoms with Crippen molar-refractivity contribution in [3.63, 3.8) is 0 Å². The Balaban J connectivity index is 2.20. The van der Waals surface area contributed by atoms with Crippen LogP contribution >= 0.6 is 0 Å². The third-order valence-corrected chi connectivity index (χ3v) is 7.40. The van der Waals surface area contributed by atoms with Gasteiger partial charge in [-0.3, -0.25) is 19.6 Å². The lowest BCUT2D eigenvalue weighted by Gasteiger charge is -2.32. The number of ketones is 2. The van der Waals surface area contributed by atoms with Gasteiger partial charge in [-0.25, -0.2) is 0 Å². The summed E-state index contributed by atoms with van der Waals surface area (Å²) in [5, 5.41) is 41.0. The second-order valence-electron chi connectivity index (χ2n) is 12.4. The molecule has 2 rings (SSSR count). The Bertz CT molecular complexity index is 914. The first-order valence-corrected chi connectivity index (χ1v) is 14.0. The predicted molar refractivity (Wildman–Crippen MR) is 151 cm³/mol. The van der Waals surface area contributed by atoms with Crippen molar-refractivity contribution >= 4 is 23.0 Å². The molecule has 8 heteroatoms. The topological polar surface area (TPSA) is 140 Å². The molecule has 0 radical (unpaired) electrons. The number of aliphatic imine (C=N–C) groups is 2. The van der Waals surface area contributed by atoms with E-state index >= 15 is 0 Å². The fourth-order valence-electron chi connectivity index (χ4n) is 5.25. The fourth-order valence-corrected chi connectivity index (χ4v) is 5.25. The summed E-state index contributed by atoms with van der Waals surface area (Å²) in [6.45, 7) is 11.6. The van der Waals surface area contributed by atoms with Crippen molar-refractivity contribution < 1.29 is 30.0 Å². The van der Waals surface area contributed by atoms with Gasteiger partial charge in [0.25, 0.3) is 0 Å². The molecule has 0 heterocycles. The maximum absolute atomic E-state index is 13.0. The average Bonchev–Trinajstić information content (AvgIpc) is 2.81. The van der Waals surface area contributed by atoms with Gasteiger partial charge in [0, 0.05) is 37.1 Å². The molecule has 0 bridgehead atoms. The molecule has 8 nitrogen and oxygen atoms in total.